The first kappa shape index (κ1) is 13.8. The lowest BCUT2D eigenvalue weighted by Crippen LogP contribution is -2.24. The fraction of sp³-hybridized carbons (Fsp3) is 0.0667. The van der Waals surface area contributed by atoms with Gasteiger partial charge < -0.3 is 4.90 Å². The number of halogens is 2. The standard InChI is InChI=1S/C15H9F2NO2S/c1-18-13-7-9(2-4-10(13)14(19)15(18)20)21-8-3-5-11(16)12(17)6-8/h2-7H,1H3. The van der Waals surface area contributed by atoms with Crippen LogP contribution in [0.4, 0.5) is 14.5 Å². The highest BCUT2D eigenvalue weighted by Gasteiger charge is 2.33. The van der Waals surface area contributed by atoms with Gasteiger partial charge in [0.1, 0.15) is 0 Å². The van der Waals surface area contributed by atoms with E-state index in [9.17, 15) is 18.4 Å². The summed E-state index contributed by atoms with van der Waals surface area (Å²) in [7, 11) is 1.53. The zero-order valence-corrected chi connectivity index (χ0v) is 11.7. The summed E-state index contributed by atoms with van der Waals surface area (Å²) in [4.78, 5) is 25.8. The van der Waals surface area contributed by atoms with Crippen LogP contribution in [0.5, 0.6) is 0 Å². The van der Waals surface area contributed by atoms with Crippen LogP contribution >= 0.6 is 11.8 Å². The quantitative estimate of drug-likeness (QED) is 0.799. The zero-order chi connectivity index (χ0) is 15.1. The molecule has 0 fully saturated rings. The highest BCUT2D eigenvalue weighted by Crippen LogP contribution is 2.35. The van der Waals surface area contributed by atoms with Gasteiger partial charge in [-0.15, -0.1) is 0 Å². The van der Waals surface area contributed by atoms with Crippen molar-refractivity contribution in [2.24, 2.45) is 0 Å². The van der Waals surface area contributed by atoms with Crippen LogP contribution in [0.2, 0.25) is 0 Å². The van der Waals surface area contributed by atoms with Crippen molar-refractivity contribution in [1.82, 2.24) is 0 Å². The summed E-state index contributed by atoms with van der Waals surface area (Å²) in [5.74, 6) is -2.91. The molecule has 0 unspecified atom stereocenters. The molecule has 2 aromatic carbocycles. The minimum atomic E-state index is -0.913. The first-order valence-corrected chi connectivity index (χ1v) is 6.88. The van der Waals surface area contributed by atoms with E-state index in [1.165, 1.54) is 29.8 Å². The molecule has 3 nitrogen and oxygen atoms in total. The second-order valence-corrected chi connectivity index (χ2v) is 5.70. The number of Topliss-reactive ketones (excluding diaryl/α,β-unsaturated/α-hetero) is 1. The molecule has 0 atom stereocenters. The van der Waals surface area contributed by atoms with E-state index in [-0.39, 0.29) is 0 Å². The molecule has 0 spiro atoms. The van der Waals surface area contributed by atoms with Crippen molar-refractivity contribution in [2.45, 2.75) is 9.79 Å². The predicted octanol–water partition coefficient (Wildman–Crippen LogP) is 3.28. The summed E-state index contributed by atoms with van der Waals surface area (Å²) < 4.78 is 26.1. The monoisotopic (exact) mass is 305 g/mol. The average Bonchev–Trinajstić information content (AvgIpc) is 2.68. The highest BCUT2D eigenvalue weighted by atomic mass is 32.2. The van der Waals surface area contributed by atoms with Crippen LogP contribution in [-0.2, 0) is 4.79 Å². The molecule has 0 aliphatic carbocycles. The Labute approximate surface area is 123 Å². The van der Waals surface area contributed by atoms with Gasteiger partial charge in [-0.2, -0.15) is 0 Å². The van der Waals surface area contributed by atoms with Crippen molar-refractivity contribution in [3.05, 3.63) is 53.6 Å². The molecule has 1 aliphatic rings. The number of hydrogen-bond donors (Lipinski definition) is 0. The zero-order valence-electron chi connectivity index (χ0n) is 10.9. The first-order chi connectivity index (χ1) is 9.97. The summed E-state index contributed by atoms with van der Waals surface area (Å²) in [6.45, 7) is 0. The van der Waals surface area contributed by atoms with Crippen molar-refractivity contribution in [1.29, 1.82) is 0 Å². The van der Waals surface area contributed by atoms with Crippen molar-refractivity contribution in [2.75, 3.05) is 11.9 Å². The second kappa shape index (κ2) is 4.96. The van der Waals surface area contributed by atoms with E-state index in [1.54, 1.807) is 18.2 Å². The molecule has 0 bridgehead atoms. The van der Waals surface area contributed by atoms with Gasteiger partial charge >= 0.3 is 0 Å². The van der Waals surface area contributed by atoms with E-state index in [0.717, 1.165) is 17.0 Å². The third kappa shape index (κ3) is 2.31. The number of amides is 1. The lowest BCUT2D eigenvalue weighted by atomic mass is 10.1. The largest absolute Gasteiger partial charge is 0.308 e. The van der Waals surface area contributed by atoms with E-state index in [4.69, 9.17) is 0 Å². The van der Waals surface area contributed by atoms with Gasteiger partial charge in [0.2, 0.25) is 0 Å². The van der Waals surface area contributed by atoms with Gasteiger partial charge in [0, 0.05) is 16.8 Å². The topological polar surface area (TPSA) is 37.4 Å². The van der Waals surface area contributed by atoms with Crippen molar-refractivity contribution >= 4 is 29.1 Å². The van der Waals surface area contributed by atoms with Gasteiger partial charge in [0.05, 0.1) is 11.3 Å². The fourth-order valence-electron chi connectivity index (χ4n) is 2.10. The molecule has 2 aromatic rings. The Balaban J connectivity index is 1.93. The van der Waals surface area contributed by atoms with Crippen molar-refractivity contribution < 1.29 is 18.4 Å². The van der Waals surface area contributed by atoms with Crippen LogP contribution in [0.15, 0.2) is 46.2 Å². The summed E-state index contributed by atoms with van der Waals surface area (Å²) >= 11 is 1.23. The lowest BCUT2D eigenvalue weighted by molar-refractivity contribution is -0.114. The fourth-order valence-corrected chi connectivity index (χ4v) is 2.98. The highest BCUT2D eigenvalue weighted by molar-refractivity contribution is 7.99. The second-order valence-electron chi connectivity index (χ2n) is 4.55. The number of nitrogens with zero attached hydrogens (tertiary/aromatic N) is 1. The maximum atomic E-state index is 13.2. The molecular weight excluding hydrogens is 296 g/mol. The van der Waals surface area contributed by atoms with Crippen LogP contribution in [0.3, 0.4) is 0 Å². The van der Waals surface area contributed by atoms with E-state index in [0.29, 0.717) is 16.1 Å². The number of benzene rings is 2. The van der Waals surface area contributed by atoms with Crippen LogP contribution in [0.25, 0.3) is 0 Å². The molecule has 0 saturated heterocycles. The Hall–Kier alpha value is -2.21. The van der Waals surface area contributed by atoms with Gasteiger partial charge in [-0.25, -0.2) is 8.78 Å². The first-order valence-electron chi connectivity index (χ1n) is 6.06. The Morgan fingerprint density at radius 3 is 2.33 bits per heavy atom. The van der Waals surface area contributed by atoms with Crippen LogP contribution < -0.4 is 4.90 Å². The molecule has 21 heavy (non-hydrogen) atoms. The minimum Gasteiger partial charge on any atom is -0.308 e. The number of anilines is 1. The maximum Gasteiger partial charge on any atom is 0.299 e. The predicted molar refractivity (Wildman–Crippen MR) is 74.7 cm³/mol. The van der Waals surface area contributed by atoms with Crippen LogP contribution in [0.1, 0.15) is 10.4 Å². The van der Waals surface area contributed by atoms with Crippen molar-refractivity contribution in [3.8, 4) is 0 Å². The molecule has 0 radical (unpaired) electrons. The maximum absolute atomic E-state index is 13.2. The number of carbonyl (C=O) groups excluding carboxylic acids is 2. The van der Waals surface area contributed by atoms with Crippen molar-refractivity contribution in [3.63, 3.8) is 0 Å². The average molecular weight is 305 g/mol. The molecule has 1 aliphatic heterocycles. The molecule has 6 heteroatoms. The Morgan fingerprint density at radius 2 is 1.62 bits per heavy atom. The van der Waals surface area contributed by atoms with Gasteiger partial charge in [-0.05, 0) is 36.4 Å². The Bertz CT molecular complexity index is 776. The molecule has 3 rings (SSSR count). The number of ketones is 1. The molecule has 0 aromatic heterocycles. The smallest absolute Gasteiger partial charge is 0.299 e. The Kier molecular flexibility index (Phi) is 3.25. The molecule has 1 amide bonds. The SMILES string of the molecule is CN1C(=O)C(=O)c2ccc(Sc3ccc(F)c(F)c3)cc21. The van der Waals surface area contributed by atoms with E-state index in [2.05, 4.69) is 0 Å². The number of hydrogen-bond acceptors (Lipinski definition) is 3. The summed E-state index contributed by atoms with van der Waals surface area (Å²) in [6, 6.07) is 8.56. The summed E-state index contributed by atoms with van der Waals surface area (Å²) in [5, 5.41) is 0. The van der Waals surface area contributed by atoms with E-state index in [1.807, 2.05) is 0 Å². The van der Waals surface area contributed by atoms with Gasteiger partial charge in [-0.3, -0.25) is 9.59 Å². The molecule has 106 valence electrons. The molecule has 0 N–H and O–H groups in total. The number of rotatable bonds is 2. The molecule has 0 saturated carbocycles. The van der Waals surface area contributed by atoms with Crippen LogP contribution in [-0.4, -0.2) is 18.7 Å². The third-order valence-electron chi connectivity index (χ3n) is 3.20. The van der Waals surface area contributed by atoms with E-state index < -0.39 is 23.3 Å². The Morgan fingerprint density at radius 1 is 0.952 bits per heavy atom. The summed E-state index contributed by atoms with van der Waals surface area (Å²) in [6.07, 6.45) is 0. The number of fused-ring (bicyclic) bond motifs is 1. The summed E-state index contributed by atoms with van der Waals surface area (Å²) in [5.41, 5.74) is 0.884. The normalized spacial score (nSPS) is 13.8. The lowest BCUT2D eigenvalue weighted by Gasteiger charge is -2.10. The van der Waals surface area contributed by atoms with Gasteiger partial charge in [0.15, 0.2) is 11.6 Å². The van der Waals surface area contributed by atoms with E-state index >= 15 is 0 Å². The molecule has 1 heterocycles. The number of likely N-dealkylation sites (N-methyl/N-ethyl adjacent to an activating group) is 1. The van der Waals surface area contributed by atoms with Crippen LogP contribution in [0, 0.1) is 11.6 Å². The number of carbonyl (C=O) groups is 2. The molecular formula is C15H9F2NO2S. The van der Waals surface area contributed by atoms with Gasteiger partial charge in [0.25, 0.3) is 11.7 Å². The minimum absolute atomic E-state index is 0.358. The third-order valence-corrected chi connectivity index (χ3v) is 4.18. The van der Waals surface area contributed by atoms with Gasteiger partial charge in [-0.1, -0.05) is 11.8 Å².